The van der Waals surface area contributed by atoms with Crippen LogP contribution in [0.2, 0.25) is 0 Å². The van der Waals surface area contributed by atoms with Crippen molar-refractivity contribution in [2.75, 3.05) is 17.7 Å². The number of nitrogens with one attached hydrogen (secondary N) is 1. The van der Waals surface area contributed by atoms with Crippen molar-refractivity contribution in [3.63, 3.8) is 0 Å². The Morgan fingerprint density at radius 3 is 2.42 bits per heavy atom. The zero-order valence-electron chi connectivity index (χ0n) is 17.9. The second-order valence-corrected chi connectivity index (χ2v) is 7.90. The summed E-state index contributed by atoms with van der Waals surface area (Å²) in [5, 5.41) is 21.1. The van der Waals surface area contributed by atoms with E-state index in [0.717, 1.165) is 17.0 Å². The number of carbonyl (C=O) groups excluding carboxylic acids is 1. The van der Waals surface area contributed by atoms with Gasteiger partial charge >= 0.3 is 0 Å². The van der Waals surface area contributed by atoms with Crippen LogP contribution < -0.4 is 10.1 Å². The fraction of sp³-hybridized carbons (Fsp3) is 0.120. The molecule has 1 amide bonds. The molecule has 0 radical (unpaired) electrons. The van der Waals surface area contributed by atoms with E-state index in [4.69, 9.17) is 10.00 Å². The largest absolute Gasteiger partial charge is 0.494 e. The molecule has 0 fully saturated rings. The van der Waals surface area contributed by atoms with Gasteiger partial charge in [0.2, 0.25) is 5.91 Å². The molecule has 33 heavy (non-hydrogen) atoms. The summed E-state index contributed by atoms with van der Waals surface area (Å²) in [7, 11) is 0. The van der Waals surface area contributed by atoms with Gasteiger partial charge < -0.3 is 10.1 Å². The van der Waals surface area contributed by atoms with Gasteiger partial charge in [-0.05, 0) is 55.5 Å². The van der Waals surface area contributed by atoms with Crippen molar-refractivity contribution < 1.29 is 9.53 Å². The predicted molar refractivity (Wildman–Crippen MR) is 128 cm³/mol. The molecule has 4 rings (SSSR count). The standard InChI is InChI=1S/C25H21N5O2S/c1-2-32-22-14-12-21(13-15-22)30-24(19-6-4-3-5-7-19)28-29-25(30)33-17-23(31)27-20-10-8-18(16-26)9-11-20/h3-15H,2,17H2,1H3,(H,27,31). The molecule has 0 atom stereocenters. The number of hydrogen-bond donors (Lipinski definition) is 1. The molecule has 0 saturated heterocycles. The van der Waals surface area contributed by atoms with Crippen molar-refractivity contribution in [2.45, 2.75) is 12.1 Å². The van der Waals surface area contributed by atoms with Crippen LogP contribution in [-0.2, 0) is 4.79 Å². The van der Waals surface area contributed by atoms with Crippen LogP contribution in [0.1, 0.15) is 12.5 Å². The Bertz CT molecular complexity index is 1260. The number of rotatable bonds is 8. The highest BCUT2D eigenvalue weighted by Crippen LogP contribution is 2.29. The summed E-state index contributed by atoms with van der Waals surface area (Å²) in [6.45, 7) is 2.54. The van der Waals surface area contributed by atoms with E-state index < -0.39 is 0 Å². The van der Waals surface area contributed by atoms with Gasteiger partial charge in [-0.25, -0.2) is 0 Å². The van der Waals surface area contributed by atoms with Crippen molar-refractivity contribution >= 4 is 23.4 Å². The molecule has 1 N–H and O–H groups in total. The maximum atomic E-state index is 12.5. The summed E-state index contributed by atoms with van der Waals surface area (Å²) in [4.78, 5) is 12.5. The number of amides is 1. The lowest BCUT2D eigenvalue weighted by atomic mass is 10.2. The maximum absolute atomic E-state index is 12.5. The van der Waals surface area contributed by atoms with Crippen molar-refractivity contribution in [3.05, 3.63) is 84.4 Å². The van der Waals surface area contributed by atoms with Gasteiger partial charge in [0.15, 0.2) is 11.0 Å². The van der Waals surface area contributed by atoms with Crippen LogP contribution in [-0.4, -0.2) is 33.0 Å². The summed E-state index contributed by atoms with van der Waals surface area (Å²) < 4.78 is 7.49. The zero-order chi connectivity index (χ0) is 23.0. The van der Waals surface area contributed by atoms with Crippen LogP contribution in [0.15, 0.2) is 84.0 Å². The molecule has 0 unspecified atom stereocenters. The molecule has 1 heterocycles. The number of ether oxygens (including phenoxy) is 1. The normalized spacial score (nSPS) is 10.4. The van der Waals surface area contributed by atoms with E-state index in [1.54, 1.807) is 24.3 Å². The zero-order valence-corrected chi connectivity index (χ0v) is 18.7. The van der Waals surface area contributed by atoms with Gasteiger partial charge in [-0.3, -0.25) is 9.36 Å². The Balaban J connectivity index is 1.56. The van der Waals surface area contributed by atoms with E-state index in [1.165, 1.54) is 11.8 Å². The van der Waals surface area contributed by atoms with Gasteiger partial charge in [-0.15, -0.1) is 10.2 Å². The summed E-state index contributed by atoms with van der Waals surface area (Å²) >= 11 is 1.30. The molecule has 1 aromatic heterocycles. The molecule has 0 spiro atoms. The summed E-state index contributed by atoms with van der Waals surface area (Å²) in [6, 6.07) is 26.3. The topological polar surface area (TPSA) is 92.8 Å². The first-order chi connectivity index (χ1) is 16.2. The summed E-state index contributed by atoms with van der Waals surface area (Å²) in [5.41, 5.74) is 2.97. The molecular formula is C25H21N5O2S. The van der Waals surface area contributed by atoms with Crippen LogP contribution in [0.5, 0.6) is 5.75 Å². The van der Waals surface area contributed by atoms with Gasteiger partial charge in [-0.1, -0.05) is 42.1 Å². The van der Waals surface area contributed by atoms with Gasteiger partial charge in [0.05, 0.1) is 24.0 Å². The first-order valence-corrected chi connectivity index (χ1v) is 11.3. The quantitative estimate of drug-likeness (QED) is 0.379. The van der Waals surface area contributed by atoms with E-state index in [0.29, 0.717) is 28.8 Å². The average Bonchev–Trinajstić information content (AvgIpc) is 3.28. The molecule has 7 nitrogen and oxygen atoms in total. The minimum absolute atomic E-state index is 0.157. The SMILES string of the molecule is CCOc1ccc(-n2c(SCC(=O)Nc3ccc(C#N)cc3)nnc2-c2ccccc2)cc1. The minimum atomic E-state index is -0.174. The second kappa shape index (κ2) is 10.5. The van der Waals surface area contributed by atoms with Crippen LogP contribution in [0, 0.1) is 11.3 Å². The molecule has 0 aliphatic heterocycles. The number of anilines is 1. The third-order valence-electron chi connectivity index (χ3n) is 4.70. The molecule has 3 aromatic carbocycles. The van der Waals surface area contributed by atoms with E-state index >= 15 is 0 Å². The molecule has 8 heteroatoms. The predicted octanol–water partition coefficient (Wildman–Crippen LogP) is 4.94. The third kappa shape index (κ3) is 5.40. The van der Waals surface area contributed by atoms with E-state index in [9.17, 15) is 4.79 Å². The number of thioether (sulfide) groups is 1. The molecule has 0 bridgehead atoms. The highest BCUT2D eigenvalue weighted by atomic mass is 32.2. The molecule has 0 aliphatic carbocycles. The second-order valence-electron chi connectivity index (χ2n) is 6.96. The average molecular weight is 456 g/mol. The number of hydrogen-bond acceptors (Lipinski definition) is 6. The smallest absolute Gasteiger partial charge is 0.234 e. The van der Waals surface area contributed by atoms with Crippen molar-refractivity contribution in [3.8, 4) is 28.9 Å². The highest BCUT2D eigenvalue weighted by Gasteiger charge is 2.17. The first-order valence-electron chi connectivity index (χ1n) is 10.3. The van der Waals surface area contributed by atoms with Crippen molar-refractivity contribution in [2.24, 2.45) is 0 Å². The fourth-order valence-electron chi connectivity index (χ4n) is 3.18. The number of nitriles is 1. The Hall–Kier alpha value is -4.09. The van der Waals surface area contributed by atoms with Gasteiger partial charge in [0.1, 0.15) is 5.75 Å². The summed E-state index contributed by atoms with van der Waals surface area (Å²) in [6.07, 6.45) is 0. The van der Waals surface area contributed by atoms with Crippen LogP contribution in [0.4, 0.5) is 5.69 Å². The Labute approximate surface area is 196 Å². The molecule has 4 aromatic rings. The number of benzene rings is 3. The lowest BCUT2D eigenvalue weighted by molar-refractivity contribution is -0.113. The molecule has 0 saturated carbocycles. The van der Waals surface area contributed by atoms with Crippen LogP contribution >= 0.6 is 11.8 Å². The molecular weight excluding hydrogens is 434 g/mol. The first kappa shape index (κ1) is 22.1. The van der Waals surface area contributed by atoms with Gasteiger partial charge in [0, 0.05) is 16.9 Å². The van der Waals surface area contributed by atoms with Crippen LogP contribution in [0.25, 0.3) is 17.1 Å². The van der Waals surface area contributed by atoms with Crippen molar-refractivity contribution in [1.82, 2.24) is 14.8 Å². The Morgan fingerprint density at radius 1 is 1.03 bits per heavy atom. The van der Waals surface area contributed by atoms with Gasteiger partial charge in [0.25, 0.3) is 0 Å². The lowest BCUT2D eigenvalue weighted by Gasteiger charge is -2.11. The molecule has 164 valence electrons. The Morgan fingerprint density at radius 2 is 1.76 bits per heavy atom. The number of aromatic nitrogens is 3. The summed E-state index contributed by atoms with van der Waals surface area (Å²) in [5.74, 6) is 1.46. The van der Waals surface area contributed by atoms with Gasteiger partial charge in [-0.2, -0.15) is 5.26 Å². The van der Waals surface area contributed by atoms with E-state index in [2.05, 4.69) is 21.6 Å². The number of carbonyl (C=O) groups is 1. The third-order valence-corrected chi connectivity index (χ3v) is 5.63. The fourth-order valence-corrected chi connectivity index (χ4v) is 3.94. The lowest BCUT2D eigenvalue weighted by Crippen LogP contribution is -2.14. The van der Waals surface area contributed by atoms with Crippen molar-refractivity contribution in [1.29, 1.82) is 5.26 Å². The minimum Gasteiger partial charge on any atom is -0.494 e. The highest BCUT2D eigenvalue weighted by molar-refractivity contribution is 7.99. The number of nitrogens with zero attached hydrogens (tertiary/aromatic N) is 4. The van der Waals surface area contributed by atoms with Crippen LogP contribution in [0.3, 0.4) is 0 Å². The monoisotopic (exact) mass is 455 g/mol. The maximum Gasteiger partial charge on any atom is 0.234 e. The van der Waals surface area contributed by atoms with E-state index in [1.807, 2.05) is 66.1 Å². The Kier molecular flexibility index (Phi) is 7.03. The van der Waals surface area contributed by atoms with E-state index in [-0.39, 0.29) is 11.7 Å². The molecule has 0 aliphatic rings.